The fourth-order valence-electron chi connectivity index (χ4n) is 3.25. The van der Waals surface area contributed by atoms with Gasteiger partial charge in [-0.15, -0.1) is 10.2 Å². The SMILES string of the molecule is COc1ccc(NC(=O)CC[C@H]2NC(=O)c3ccccc3NC2=O)cc1-c1nn[nH]n1. The number of rotatable bonds is 6. The van der Waals surface area contributed by atoms with Crippen LogP contribution in [0.25, 0.3) is 11.4 Å². The first-order valence-electron chi connectivity index (χ1n) is 9.47. The first kappa shape index (κ1) is 20.0. The minimum atomic E-state index is -0.823. The van der Waals surface area contributed by atoms with Crippen LogP contribution in [0.1, 0.15) is 23.2 Å². The van der Waals surface area contributed by atoms with Gasteiger partial charge >= 0.3 is 0 Å². The van der Waals surface area contributed by atoms with Crippen LogP contribution in [-0.2, 0) is 9.59 Å². The quantitative estimate of drug-likeness (QED) is 0.469. The Kier molecular flexibility index (Phi) is 5.56. The molecule has 0 bridgehead atoms. The molecule has 0 aliphatic carbocycles. The van der Waals surface area contributed by atoms with Crippen molar-refractivity contribution in [2.24, 2.45) is 0 Å². The molecule has 0 fully saturated rings. The van der Waals surface area contributed by atoms with Gasteiger partial charge in [-0.25, -0.2) is 0 Å². The number of hydrogen-bond acceptors (Lipinski definition) is 7. The second kappa shape index (κ2) is 8.61. The van der Waals surface area contributed by atoms with Crippen molar-refractivity contribution >= 4 is 29.1 Å². The summed E-state index contributed by atoms with van der Waals surface area (Å²) in [4.78, 5) is 37.3. The molecule has 0 radical (unpaired) electrons. The normalized spacial score (nSPS) is 15.3. The summed E-state index contributed by atoms with van der Waals surface area (Å²) in [6.07, 6.45) is 0.170. The van der Waals surface area contributed by atoms with Gasteiger partial charge < -0.3 is 20.7 Å². The number of tetrazole rings is 1. The predicted octanol–water partition coefficient (Wildman–Crippen LogP) is 1.34. The molecule has 11 nitrogen and oxygen atoms in total. The number of fused-ring (bicyclic) bond motifs is 1. The maximum atomic E-state index is 12.5. The number of ether oxygens (including phenoxy) is 1. The lowest BCUT2D eigenvalue weighted by atomic mass is 10.1. The number of H-pyrrole nitrogens is 1. The Bertz CT molecular complexity index is 1130. The van der Waals surface area contributed by atoms with E-state index in [4.69, 9.17) is 4.74 Å². The van der Waals surface area contributed by atoms with Crippen LogP contribution in [0.3, 0.4) is 0 Å². The van der Waals surface area contributed by atoms with E-state index in [1.54, 1.807) is 42.5 Å². The summed E-state index contributed by atoms with van der Waals surface area (Å²) in [7, 11) is 1.52. The van der Waals surface area contributed by atoms with Gasteiger partial charge in [-0.2, -0.15) is 5.21 Å². The number of carbonyl (C=O) groups excluding carboxylic acids is 3. The van der Waals surface area contributed by atoms with Crippen molar-refractivity contribution in [3.05, 3.63) is 48.0 Å². The number of hydrogen-bond donors (Lipinski definition) is 4. The van der Waals surface area contributed by atoms with E-state index in [-0.39, 0.29) is 30.6 Å². The maximum absolute atomic E-state index is 12.5. The molecule has 11 heteroatoms. The van der Waals surface area contributed by atoms with Crippen molar-refractivity contribution in [3.63, 3.8) is 0 Å². The van der Waals surface area contributed by atoms with Crippen LogP contribution in [0, 0.1) is 0 Å². The fraction of sp³-hybridized carbons (Fsp3) is 0.200. The number of carbonyl (C=O) groups is 3. The third-order valence-corrected chi connectivity index (χ3v) is 4.78. The summed E-state index contributed by atoms with van der Waals surface area (Å²) in [6, 6.07) is 10.9. The van der Waals surface area contributed by atoms with Crippen LogP contribution in [0.15, 0.2) is 42.5 Å². The summed E-state index contributed by atoms with van der Waals surface area (Å²) in [5.74, 6) is -0.190. The summed E-state index contributed by atoms with van der Waals surface area (Å²) in [5.41, 5.74) is 1.90. The number of amides is 3. The van der Waals surface area contributed by atoms with Crippen molar-refractivity contribution in [3.8, 4) is 17.1 Å². The van der Waals surface area contributed by atoms with Gasteiger partial charge in [0.25, 0.3) is 5.91 Å². The standard InChI is InChI=1S/C20H19N7O4/c1-31-16-8-6-11(10-13(16)18-24-26-27-25-18)21-17(28)9-7-15-20(30)22-14-5-3-2-4-12(14)19(29)23-15/h2-6,8,10,15H,7,9H2,1H3,(H,21,28)(H,22,30)(H,23,29)(H,24,25,26,27)/t15-/m1/s1. The smallest absolute Gasteiger partial charge is 0.254 e. The minimum absolute atomic E-state index is 0.0261. The molecule has 31 heavy (non-hydrogen) atoms. The Morgan fingerprint density at radius 3 is 2.77 bits per heavy atom. The van der Waals surface area contributed by atoms with Gasteiger partial charge in [0, 0.05) is 12.1 Å². The summed E-state index contributed by atoms with van der Waals surface area (Å²) in [5, 5.41) is 21.9. The molecule has 2 aromatic carbocycles. The number of anilines is 2. The van der Waals surface area contributed by atoms with E-state index in [1.165, 1.54) is 7.11 Å². The van der Waals surface area contributed by atoms with Crippen LogP contribution in [-0.4, -0.2) is 51.5 Å². The molecular weight excluding hydrogens is 402 g/mol. The second-order valence-electron chi connectivity index (χ2n) is 6.80. The lowest BCUT2D eigenvalue weighted by Gasteiger charge is -2.14. The van der Waals surface area contributed by atoms with E-state index < -0.39 is 6.04 Å². The van der Waals surface area contributed by atoms with Gasteiger partial charge in [-0.05, 0) is 42.0 Å². The van der Waals surface area contributed by atoms with Crippen LogP contribution in [0.5, 0.6) is 5.75 Å². The van der Waals surface area contributed by atoms with E-state index in [2.05, 4.69) is 36.6 Å². The Hall–Kier alpha value is -4.28. The molecule has 3 amide bonds. The van der Waals surface area contributed by atoms with E-state index in [0.717, 1.165) is 0 Å². The Morgan fingerprint density at radius 1 is 1.16 bits per heavy atom. The lowest BCUT2D eigenvalue weighted by Crippen LogP contribution is -2.41. The third-order valence-electron chi connectivity index (χ3n) is 4.78. The summed E-state index contributed by atoms with van der Waals surface area (Å²) < 4.78 is 5.30. The number of aromatic nitrogens is 4. The molecule has 0 saturated carbocycles. The molecule has 2 heterocycles. The van der Waals surface area contributed by atoms with Gasteiger partial charge in [-0.3, -0.25) is 14.4 Å². The van der Waals surface area contributed by atoms with E-state index in [9.17, 15) is 14.4 Å². The molecule has 0 unspecified atom stereocenters. The average molecular weight is 421 g/mol. The minimum Gasteiger partial charge on any atom is -0.496 e. The number of para-hydroxylation sites is 1. The number of aromatic amines is 1. The van der Waals surface area contributed by atoms with Gasteiger partial charge in [0.15, 0.2) is 0 Å². The van der Waals surface area contributed by atoms with E-state index >= 15 is 0 Å². The molecule has 1 aromatic heterocycles. The van der Waals surface area contributed by atoms with Crippen LogP contribution in [0.2, 0.25) is 0 Å². The van der Waals surface area contributed by atoms with Crippen LogP contribution < -0.4 is 20.7 Å². The van der Waals surface area contributed by atoms with Gasteiger partial charge in [0.1, 0.15) is 11.8 Å². The Labute approximate surface area is 176 Å². The number of methoxy groups -OCH3 is 1. The zero-order chi connectivity index (χ0) is 21.8. The highest BCUT2D eigenvalue weighted by molar-refractivity contribution is 6.10. The molecule has 4 rings (SSSR count). The van der Waals surface area contributed by atoms with Crippen molar-refractivity contribution in [2.75, 3.05) is 17.7 Å². The molecule has 158 valence electrons. The van der Waals surface area contributed by atoms with Crippen LogP contribution >= 0.6 is 0 Å². The highest BCUT2D eigenvalue weighted by Gasteiger charge is 2.27. The molecule has 3 aromatic rings. The Balaban J connectivity index is 1.40. The van der Waals surface area contributed by atoms with Crippen molar-refractivity contribution in [1.82, 2.24) is 25.9 Å². The molecular formula is C20H19N7O4. The Morgan fingerprint density at radius 2 is 2.00 bits per heavy atom. The second-order valence-corrected chi connectivity index (χ2v) is 6.80. The fourth-order valence-corrected chi connectivity index (χ4v) is 3.25. The molecule has 4 N–H and O–H groups in total. The molecule has 1 aliphatic rings. The van der Waals surface area contributed by atoms with Gasteiger partial charge in [0.05, 0.1) is 23.9 Å². The van der Waals surface area contributed by atoms with Crippen molar-refractivity contribution in [2.45, 2.75) is 18.9 Å². The van der Waals surface area contributed by atoms with Gasteiger partial charge in [0.2, 0.25) is 17.6 Å². The third kappa shape index (κ3) is 4.34. The molecule has 1 aliphatic heterocycles. The summed E-state index contributed by atoms with van der Waals surface area (Å²) >= 11 is 0. The molecule has 0 saturated heterocycles. The largest absolute Gasteiger partial charge is 0.496 e. The zero-order valence-corrected chi connectivity index (χ0v) is 16.5. The predicted molar refractivity (Wildman–Crippen MR) is 110 cm³/mol. The average Bonchev–Trinajstić information content (AvgIpc) is 3.27. The molecule has 0 spiro atoms. The first-order chi connectivity index (χ1) is 15.0. The van der Waals surface area contributed by atoms with Gasteiger partial charge in [-0.1, -0.05) is 12.1 Å². The molecule has 1 atom stereocenters. The highest BCUT2D eigenvalue weighted by Crippen LogP contribution is 2.30. The van der Waals surface area contributed by atoms with E-state index in [0.29, 0.717) is 34.1 Å². The van der Waals surface area contributed by atoms with Crippen LogP contribution in [0.4, 0.5) is 11.4 Å². The highest BCUT2D eigenvalue weighted by atomic mass is 16.5. The monoisotopic (exact) mass is 421 g/mol. The number of nitrogens with zero attached hydrogens (tertiary/aromatic N) is 3. The van der Waals surface area contributed by atoms with Crippen molar-refractivity contribution in [1.29, 1.82) is 0 Å². The van der Waals surface area contributed by atoms with E-state index in [1.807, 2.05) is 0 Å². The maximum Gasteiger partial charge on any atom is 0.254 e. The van der Waals surface area contributed by atoms with Crippen molar-refractivity contribution < 1.29 is 19.1 Å². The lowest BCUT2D eigenvalue weighted by molar-refractivity contribution is -0.118. The number of nitrogens with one attached hydrogen (secondary N) is 4. The first-order valence-corrected chi connectivity index (χ1v) is 9.47. The summed E-state index contributed by atoms with van der Waals surface area (Å²) in [6.45, 7) is 0. The number of benzene rings is 2. The zero-order valence-electron chi connectivity index (χ0n) is 16.5. The topological polar surface area (TPSA) is 151 Å².